The quantitative estimate of drug-likeness (QED) is 0.866. The van der Waals surface area contributed by atoms with Gasteiger partial charge in [-0.1, -0.05) is 12.1 Å². The Bertz CT molecular complexity index is 552. The van der Waals surface area contributed by atoms with Gasteiger partial charge in [0, 0.05) is 7.05 Å². The third kappa shape index (κ3) is 2.50. The number of benzene rings is 1. The molecular weight excluding hydrogens is 239 g/mol. The lowest BCUT2D eigenvalue weighted by Gasteiger charge is -2.10. The van der Waals surface area contributed by atoms with Gasteiger partial charge in [0.15, 0.2) is 5.82 Å². The zero-order valence-corrected chi connectivity index (χ0v) is 9.62. The van der Waals surface area contributed by atoms with E-state index < -0.39 is 11.9 Å². The number of aliphatic carboxylic acids is 1. The molecule has 1 N–H and O–H groups in total. The Morgan fingerprint density at radius 2 is 2.11 bits per heavy atom. The first-order valence-electron chi connectivity index (χ1n) is 5.27. The highest BCUT2D eigenvalue weighted by molar-refractivity contribution is 5.75. The van der Waals surface area contributed by atoms with Crippen LogP contribution in [0.2, 0.25) is 0 Å². The van der Waals surface area contributed by atoms with Gasteiger partial charge in [-0.05, 0) is 34.5 Å². The Balaban J connectivity index is 2.25. The van der Waals surface area contributed by atoms with E-state index in [0.29, 0.717) is 5.56 Å². The fourth-order valence-electron chi connectivity index (χ4n) is 1.68. The summed E-state index contributed by atoms with van der Waals surface area (Å²) in [6, 6.07) is 5.69. The number of hydrogen-bond donors (Lipinski definition) is 1. The number of carboxylic acids is 1. The van der Waals surface area contributed by atoms with Crippen LogP contribution in [0.1, 0.15) is 17.3 Å². The standard InChI is InChI=1S/C11H11FN4O2/c1-16-10(13-14-15-16)9(11(17)18)6-7-2-4-8(12)5-3-7/h2-5,9H,6H2,1H3,(H,17,18). The summed E-state index contributed by atoms with van der Waals surface area (Å²) >= 11 is 0. The molecule has 0 radical (unpaired) electrons. The van der Waals surface area contributed by atoms with E-state index >= 15 is 0 Å². The lowest BCUT2D eigenvalue weighted by molar-refractivity contribution is -0.139. The van der Waals surface area contributed by atoms with Crippen LogP contribution in [0.5, 0.6) is 0 Å². The third-order valence-electron chi connectivity index (χ3n) is 2.62. The largest absolute Gasteiger partial charge is 0.481 e. The Hall–Kier alpha value is -2.31. The molecule has 1 atom stereocenters. The van der Waals surface area contributed by atoms with Crippen molar-refractivity contribution in [1.82, 2.24) is 20.2 Å². The van der Waals surface area contributed by atoms with Crippen molar-refractivity contribution in [2.75, 3.05) is 0 Å². The molecule has 2 rings (SSSR count). The highest BCUT2D eigenvalue weighted by Crippen LogP contribution is 2.18. The number of tetrazole rings is 1. The predicted octanol–water partition coefficient (Wildman–Crippen LogP) is 0.760. The van der Waals surface area contributed by atoms with Crippen LogP contribution in [0.25, 0.3) is 0 Å². The van der Waals surface area contributed by atoms with E-state index in [0.717, 1.165) is 0 Å². The minimum Gasteiger partial charge on any atom is -0.481 e. The second-order valence-corrected chi connectivity index (χ2v) is 3.88. The van der Waals surface area contributed by atoms with Crippen molar-refractivity contribution >= 4 is 5.97 Å². The number of nitrogens with zero attached hydrogens (tertiary/aromatic N) is 4. The maximum Gasteiger partial charge on any atom is 0.314 e. The minimum absolute atomic E-state index is 0.212. The predicted molar refractivity (Wildman–Crippen MR) is 59.3 cm³/mol. The molecule has 7 heteroatoms. The zero-order valence-electron chi connectivity index (χ0n) is 9.62. The number of carbonyl (C=O) groups is 1. The van der Waals surface area contributed by atoms with Crippen LogP contribution in [0.3, 0.4) is 0 Å². The van der Waals surface area contributed by atoms with Gasteiger partial charge in [0.1, 0.15) is 11.7 Å². The molecule has 1 aromatic heterocycles. The number of aromatic nitrogens is 4. The number of halogens is 1. The molecule has 0 aliphatic heterocycles. The third-order valence-corrected chi connectivity index (χ3v) is 2.62. The number of rotatable bonds is 4. The molecule has 0 amide bonds. The fraction of sp³-hybridized carbons (Fsp3) is 0.273. The van der Waals surface area contributed by atoms with E-state index in [9.17, 15) is 14.3 Å². The van der Waals surface area contributed by atoms with Crippen LogP contribution in [-0.2, 0) is 18.3 Å². The van der Waals surface area contributed by atoms with Gasteiger partial charge in [-0.2, -0.15) is 0 Å². The summed E-state index contributed by atoms with van der Waals surface area (Å²) < 4.78 is 14.1. The van der Waals surface area contributed by atoms with Crippen molar-refractivity contribution in [3.63, 3.8) is 0 Å². The van der Waals surface area contributed by atoms with Crippen LogP contribution in [-0.4, -0.2) is 31.3 Å². The van der Waals surface area contributed by atoms with Gasteiger partial charge < -0.3 is 5.11 Å². The van der Waals surface area contributed by atoms with E-state index in [4.69, 9.17) is 0 Å². The minimum atomic E-state index is -1.02. The lowest BCUT2D eigenvalue weighted by atomic mass is 9.99. The Morgan fingerprint density at radius 3 is 2.61 bits per heavy atom. The summed E-state index contributed by atoms with van der Waals surface area (Å²) in [5.41, 5.74) is 0.715. The molecule has 94 valence electrons. The van der Waals surface area contributed by atoms with E-state index in [2.05, 4.69) is 15.5 Å². The first kappa shape index (κ1) is 12.2. The van der Waals surface area contributed by atoms with Crippen LogP contribution in [0.15, 0.2) is 24.3 Å². The monoisotopic (exact) mass is 250 g/mol. The lowest BCUT2D eigenvalue weighted by Crippen LogP contribution is -2.19. The SMILES string of the molecule is Cn1nnnc1C(Cc1ccc(F)cc1)C(=O)O. The molecule has 0 bridgehead atoms. The molecule has 2 aromatic rings. The molecule has 6 nitrogen and oxygen atoms in total. The fourth-order valence-corrected chi connectivity index (χ4v) is 1.68. The molecular formula is C11H11FN4O2. The topological polar surface area (TPSA) is 80.9 Å². The first-order valence-corrected chi connectivity index (χ1v) is 5.27. The van der Waals surface area contributed by atoms with Crippen LogP contribution in [0, 0.1) is 5.82 Å². The van der Waals surface area contributed by atoms with Crippen molar-refractivity contribution in [2.45, 2.75) is 12.3 Å². The molecule has 0 saturated heterocycles. The van der Waals surface area contributed by atoms with Crippen LogP contribution < -0.4 is 0 Å². The van der Waals surface area contributed by atoms with Crippen molar-refractivity contribution < 1.29 is 14.3 Å². The molecule has 18 heavy (non-hydrogen) atoms. The normalized spacial score (nSPS) is 12.3. The van der Waals surface area contributed by atoms with Gasteiger partial charge in [0.2, 0.25) is 0 Å². The van der Waals surface area contributed by atoms with Gasteiger partial charge in [-0.25, -0.2) is 9.07 Å². The maximum atomic E-state index is 12.8. The average molecular weight is 250 g/mol. The molecule has 0 spiro atoms. The first-order chi connectivity index (χ1) is 8.58. The summed E-state index contributed by atoms with van der Waals surface area (Å²) in [4.78, 5) is 11.2. The molecule has 0 saturated carbocycles. The van der Waals surface area contributed by atoms with Crippen molar-refractivity contribution in [2.24, 2.45) is 7.05 Å². The number of hydrogen-bond acceptors (Lipinski definition) is 4. The van der Waals surface area contributed by atoms with E-state index in [1.54, 1.807) is 19.2 Å². The molecule has 0 aliphatic carbocycles. The van der Waals surface area contributed by atoms with Gasteiger partial charge in [0.05, 0.1) is 0 Å². The summed E-state index contributed by atoms with van der Waals surface area (Å²) in [7, 11) is 1.58. The van der Waals surface area contributed by atoms with Crippen LogP contribution in [0.4, 0.5) is 4.39 Å². The van der Waals surface area contributed by atoms with Gasteiger partial charge >= 0.3 is 5.97 Å². The van der Waals surface area contributed by atoms with Crippen molar-refractivity contribution in [1.29, 1.82) is 0 Å². The molecule has 1 heterocycles. The van der Waals surface area contributed by atoms with E-state index in [1.807, 2.05) is 0 Å². The average Bonchev–Trinajstić information content (AvgIpc) is 2.74. The zero-order chi connectivity index (χ0) is 13.1. The second kappa shape index (κ2) is 4.91. The summed E-state index contributed by atoms with van der Waals surface area (Å²) in [6.07, 6.45) is 0.212. The Labute approximate surface area is 102 Å². The highest BCUT2D eigenvalue weighted by atomic mass is 19.1. The Kier molecular flexibility index (Phi) is 3.31. The second-order valence-electron chi connectivity index (χ2n) is 3.88. The van der Waals surface area contributed by atoms with Crippen LogP contribution >= 0.6 is 0 Å². The van der Waals surface area contributed by atoms with E-state index in [-0.39, 0.29) is 18.1 Å². The Morgan fingerprint density at radius 1 is 1.44 bits per heavy atom. The van der Waals surface area contributed by atoms with Gasteiger partial charge in [0.25, 0.3) is 0 Å². The smallest absolute Gasteiger partial charge is 0.314 e. The summed E-state index contributed by atoms with van der Waals surface area (Å²) in [5.74, 6) is -1.95. The molecule has 1 unspecified atom stereocenters. The van der Waals surface area contributed by atoms with E-state index in [1.165, 1.54) is 16.8 Å². The molecule has 0 aliphatic rings. The summed E-state index contributed by atoms with van der Waals surface area (Å²) in [6.45, 7) is 0. The van der Waals surface area contributed by atoms with Crippen molar-refractivity contribution in [3.8, 4) is 0 Å². The molecule has 0 fully saturated rings. The molecule has 1 aromatic carbocycles. The summed E-state index contributed by atoms with van der Waals surface area (Å²) in [5, 5.41) is 19.9. The number of carboxylic acid groups (broad SMARTS) is 1. The van der Waals surface area contributed by atoms with Gasteiger partial charge in [-0.15, -0.1) is 5.10 Å². The van der Waals surface area contributed by atoms with Crippen molar-refractivity contribution in [3.05, 3.63) is 41.5 Å². The number of aryl methyl sites for hydroxylation is 1. The maximum absolute atomic E-state index is 12.8. The highest BCUT2D eigenvalue weighted by Gasteiger charge is 2.25. The van der Waals surface area contributed by atoms with Gasteiger partial charge in [-0.3, -0.25) is 4.79 Å².